The van der Waals surface area contributed by atoms with Crippen molar-refractivity contribution in [3.63, 3.8) is 0 Å². The molecule has 2 unspecified atom stereocenters. The molecular formula is C9H14O3. The zero-order valence-corrected chi connectivity index (χ0v) is 7.16. The molecule has 2 atom stereocenters. The van der Waals surface area contributed by atoms with E-state index in [0.29, 0.717) is 6.29 Å². The van der Waals surface area contributed by atoms with Gasteiger partial charge in [0.05, 0.1) is 12.7 Å². The summed E-state index contributed by atoms with van der Waals surface area (Å²) >= 11 is 0. The Morgan fingerprint density at radius 2 is 2.25 bits per heavy atom. The largest absolute Gasteiger partial charge is 0.395 e. The van der Waals surface area contributed by atoms with Crippen LogP contribution in [0, 0.1) is 5.41 Å². The Hall–Kier alpha value is -0.930. The molecule has 0 aromatic rings. The van der Waals surface area contributed by atoms with Crippen LogP contribution >= 0.6 is 0 Å². The topological polar surface area (TPSA) is 57.5 Å². The molecule has 0 radical (unpaired) electrons. The van der Waals surface area contributed by atoms with Crippen LogP contribution in [-0.2, 0) is 4.79 Å². The molecule has 0 bridgehead atoms. The van der Waals surface area contributed by atoms with Crippen LogP contribution < -0.4 is 0 Å². The molecule has 3 nitrogen and oxygen atoms in total. The summed E-state index contributed by atoms with van der Waals surface area (Å²) < 4.78 is 0. The molecule has 0 aliphatic rings. The summed E-state index contributed by atoms with van der Waals surface area (Å²) in [6.45, 7) is 8.04. The van der Waals surface area contributed by atoms with Gasteiger partial charge in [0.2, 0.25) is 0 Å². The van der Waals surface area contributed by atoms with Crippen LogP contribution in [0.5, 0.6) is 0 Å². The highest BCUT2D eigenvalue weighted by Crippen LogP contribution is 2.28. The number of aldehydes is 1. The van der Waals surface area contributed by atoms with Gasteiger partial charge in [-0.2, -0.15) is 0 Å². The van der Waals surface area contributed by atoms with Crippen molar-refractivity contribution in [3.8, 4) is 0 Å². The van der Waals surface area contributed by atoms with E-state index < -0.39 is 11.5 Å². The molecule has 0 saturated heterocycles. The number of aliphatic hydroxyl groups excluding tert-OH is 2. The SMILES string of the molecule is C=CC(O)C(C)(CO)C(=C)C=O. The average molecular weight is 170 g/mol. The molecule has 0 rings (SSSR count). The molecule has 0 aromatic carbocycles. The third kappa shape index (κ3) is 1.81. The first-order valence-corrected chi connectivity index (χ1v) is 3.59. The Morgan fingerprint density at radius 1 is 1.75 bits per heavy atom. The first kappa shape index (κ1) is 11.1. The summed E-state index contributed by atoms with van der Waals surface area (Å²) in [5.41, 5.74) is -0.846. The van der Waals surface area contributed by atoms with Gasteiger partial charge in [0, 0.05) is 5.41 Å². The molecule has 0 aliphatic carbocycles. The third-order valence-corrected chi connectivity index (χ3v) is 2.08. The fraction of sp³-hybridized carbons (Fsp3) is 0.444. The maximum absolute atomic E-state index is 10.4. The molecule has 0 aromatic heterocycles. The maximum Gasteiger partial charge on any atom is 0.146 e. The van der Waals surface area contributed by atoms with Crippen LogP contribution in [0.15, 0.2) is 24.8 Å². The number of hydrogen-bond donors (Lipinski definition) is 2. The number of hydrogen-bond acceptors (Lipinski definition) is 3. The van der Waals surface area contributed by atoms with Gasteiger partial charge in [-0.25, -0.2) is 0 Å². The van der Waals surface area contributed by atoms with E-state index in [2.05, 4.69) is 13.2 Å². The van der Waals surface area contributed by atoms with E-state index in [9.17, 15) is 9.90 Å². The van der Waals surface area contributed by atoms with Crippen molar-refractivity contribution >= 4 is 6.29 Å². The Labute approximate surface area is 72.0 Å². The summed E-state index contributed by atoms with van der Waals surface area (Å²) in [7, 11) is 0. The second kappa shape index (κ2) is 4.18. The number of aliphatic hydroxyl groups is 2. The van der Waals surface area contributed by atoms with E-state index in [1.54, 1.807) is 6.92 Å². The van der Waals surface area contributed by atoms with Gasteiger partial charge in [-0.15, -0.1) is 6.58 Å². The molecule has 0 amide bonds. The molecular weight excluding hydrogens is 156 g/mol. The van der Waals surface area contributed by atoms with Crippen molar-refractivity contribution < 1.29 is 15.0 Å². The lowest BCUT2D eigenvalue weighted by Crippen LogP contribution is -2.36. The highest BCUT2D eigenvalue weighted by molar-refractivity contribution is 5.74. The molecule has 0 fully saturated rings. The van der Waals surface area contributed by atoms with Crippen molar-refractivity contribution in [1.29, 1.82) is 0 Å². The maximum atomic E-state index is 10.4. The monoisotopic (exact) mass is 170 g/mol. The minimum absolute atomic E-state index is 0.164. The highest BCUT2D eigenvalue weighted by atomic mass is 16.3. The van der Waals surface area contributed by atoms with E-state index in [0.717, 1.165) is 0 Å². The van der Waals surface area contributed by atoms with Gasteiger partial charge in [-0.1, -0.05) is 19.6 Å². The molecule has 0 spiro atoms. The van der Waals surface area contributed by atoms with Gasteiger partial charge in [0.25, 0.3) is 0 Å². The van der Waals surface area contributed by atoms with Crippen LogP contribution in [0.2, 0.25) is 0 Å². The van der Waals surface area contributed by atoms with Crippen LogP contribution in [0.1, 0.15) is 6.92 Å². The Bertz CT molecular complexity index is 198. The molecule has 12 heavy (non-hydrogen) atoms. The van der Waals surface area contributed by atoms with Gasteiger partial charge in [0.15, 0.2) is 0 Å². The Balaban J connectivity index is 4.77. The van der Waals surface area contributed by atoms with E-state index in [-0.39, 0.29) is 12.2 Å². The fourth-order valence-electron chi connectivity index (χ4n) is 0.780. The van der Waals surface area contributed by atoms with E-state index in [1.807, 2.05) is 0 Å². The molecule has 2 N–H and O–H groups in total. The van der Waals surface area contributed by atoms with Gasteiger partial charge < -0.3 is 10.2 Å². The summed E-state index contributed by atoms with van der Waals surface area (Å²) in [5, 5.41) is 18.3. The lowest BCUT2D eigenvalue weighted by Gasteiger charge is -2.30. The smallest absolute Gasteiger partial charge is 0.146 e. The molecule has 3 heteroatoms. The van der Waals surface area contributed by atoms with Crippen LogP contribution in [0.3, 0.4) is 0 Å². The van der Waals surface area contributed by atoms with Gasteiger partial charge >= 0.3 is 0 Å². The summed E-state index contributed by atoms with van der Waals surface area (Å²) in [6, 6.07) is 0. The quantitative estimate of drug-likeness (QED) is 0.354. The van der Waals surface area contributed by atoms with Crippen molar-refractivity contribution in [3.05, 3.63) is 24.8 Å². The Morgan fingerprint density at radius 3 is 2.50 bits per heavy atom. The second-order valence-corrected chi connectivity index (χ2v) is 2.90. The minimum Gasteiger partial charge on any atom is -0.395 e. The normalized spacial score (nSPS) is 17.6. The number of carbonyl (C=O) groups excluding carboxylic acids is 1. The summed E-state index contributed by atoms with van der Waals surface area (Å²) in [5.74, 6) is 0. The zero-order chi connectivity index (χ0) is 9.78. The number of carbonyl (C=O) groups is 1. The fourth-order valence-corrected chi connectivity index (χ4v) is 0.780. The van der Waals surface area contributed by atoms with Crippen molar-refractivity contribution in [2.24, 2.45) is 5.41 Å². The van der Waals surface area contributed by atoms with Gasteiger partial charge in [0.1, 0.15) is 6.29 Å². The van der Waals surface area contributed by atoms with Gasteiger partial charge in [-0.3, -0.25) is 4.79 Å². The van der Waals surface area contributed by atoms with Gasteiger partial charge in [-0.05, 0) is 5.57 Å². The lowest BCUT2D eigenvalue weighted by molar-refractivity contribution is -0.106. The van der Waals surface area contributed by atoms with E-state index in [4.69, 9.17) is 5.11 Å². The lowest BCUT2D eigenvalue weighted by atomic mass is 9.79. The highest BCUT2D eigenvalue weighted by Gasteiger charge is 2.33. The van der Waals surface area contributed by atoms with Crippen LogP contribution in [0.25, 0.3) is 0 Å². The predicted octanol–water partition coefficient (Wildman–Crippen LogP) is 0.287. The Kier molecular flexibility index (Phi) is 3.86. The van der Waals surface area contributed by atoms with Crippen LogP contribution in [-0.4, -0.2) is 29.2 Å². The average Bonchev–Trinajstić information content (AvgIpc) is 2.13. The van der Waals surface area contributed by atoms with E-state index >= 15 is 0 Å². The molecule has 0 saturated carbocycles. The van der Waals surface area contributed by atoms with Crippen LogP contribution in [0.4, 0.5) is 0 Å². The minimum atomic E-state index is -1.01. The number of rotatable bonds is 5. The molecule has 68 valence electrons. The molecule has 0 aliphatic heterocycles. The van der Waals surface area contributed by atoms with Crippen molar-refractivity contribution in [2.75, 3.05) is 6.61 Å². The third-order valence-electron chi connectivity index (χ3n) is 2.08. The summed E-state index contributed by atoms with van der Waals surface area (Å²) in [6.07, 6.45) is 0.841. The molecule has 0 heterocycles. The zero-order valence-electron chi connectivity index (χ0n) is 7.16. The predicted molar refractivity (Wildman–Crippen MR) is 46.6 cm³/mol. The first-order valence-electron chi connectivity index (χ1n) is 3.59. The second-order valence-electron chi connectivity index (χ2n) is 2.90. The van der Waals surface area contributed by atoms with Crippen molar-refractivity contribution in [1.82, 2.24) is 0 Å². The van der Waals surface area contributed by atoms with Crippen molar-refractivity contribution in [2.45, 2.75) is 13.0 Å². The first-order chi connectivity index (χ1) is 5.52. The van der Waals surface area contributed by atoms with E-state index in [1.165, 1.54) is 6.08 Å². The summed E-state index contributed by atoms with van der Waals surface area (Å²) in [4.78, 5) is 10.4. The standard InChI is InChI=1S/C9H14O3/c1-4-8(12)9(3,6-11)7(2)5-10/h4-5,8,11-12H,1-2,6H2,3H3.